The van der Waals surface area contributed by atoms with E-state index in [0.29, 0.717) is 30.1 Å². The average molecular weight is 293 g/mol. The predicted octanol–water partition coefficient (Wildman–Crippen LogP) is 2.90. The molecular formula is C15H17ClN2O2. The second-order valence-corrected chi connectivity index (χ2v) is 6.01. The lowest BCUT2D eigenvalue weighted by Gasteiger charge is -2.37. The third-order valence-corrected chi connectivity index (χ3v) is 4.22. The Labute approximate surface area is 123 Å². The molecule has 0 amide bonds. The standard InChI is InChI=1S/C15H17ClN2O2/c1-15(14(19)20)5-2-6-18(10-15)9-12-4-3-11(8-17)7-13(12)16/h3-4,7H,2,5-6,9-10H2,1H3,(H,19,20). The predicted molar refractivity (Wildman–Crippen MR) is 76.4 cm³/mol. The summed E-state index contributed by atoms with van der Waals surface area (Å²) in [4.78, 5) is 13.5. The average Bonchev–Trinajstić information content (AvgIpc) is 2.41. The van der Waals surface area contributed by atoms with Gasteiger partial charge in [0.05, 0.1) is 17.0 Å². The summed E-state index contributed by atoms with van der Waals surface area (Å²) in [6.07, 6.45) is 1.58. The van der Waals surface area contributed by atoms with Crippen molar-refractivity contribution in [1.82, 2.24) is 4.90 Å². The van der Waals surface area contributed by atoms with Crippen LogP contribution in [0.5, 0.6) is 0 Å². The Morgan fingerprint density at radius 3 is 2.95 bits per heavy atom. The molecule has 1 saturated heterocycles. The number of benzene rings is 1. The topological polar surface area (TPSA) is 64.3 Å². The van der Waals surface area contributed by atoms with Gasteiger partial charge < -0.3 is 5.11 Å². The van der Waals surface area contributed by atoms with Crippen LogP contribution >= 0.6 is 11.6 Å². The molecule has 2 rings (SSSR count). The SMILES string of the molecule is CC1(C(=O)O)CCCN(Cc2ccc(C#N)cc2Cl)C1. The van der Waals surface area contributed by atoms with Crippen LogP contribution in [0.4, 0.5) is 0 Å². The molecule has 1 aliphatic rings. The fourth-order valence-corrected chi connectivity index (χ4v) is 2.88. The Kier molecular flexibility index (Phi) is 4.32. The molecule has 1 fully saturated rings. The van der Waals surface area contributed by atoms with Gasteiger partial charge in [-0.15, -0.1) is 0 Å². The summed E-state index contributed by atoms with van der Waals surface area (Å²) in [7, 11) is 0. The number of likely N-dealkylation sites (tertiary alicyclic amines) is 1. The van der Waals surface area contributed by atoms with E-state index in [4.69, 9.17) is 16.9 Å². The second-order valence-electron chi connectivity index (χ2n) is 5.60. The van der Waals surface area contributed by atoms with Gasteiger partial charge in [-0.2, -0.15) is 5.26 Å². The number of nitrogens with zero attached hydrogens (tertiary/aromatic N) is 2. The highest BCUT2D eigenvalue weighted by Gasteiger charge is 2.37. The van der Waals surface area contributed by atoms with Gasteiger partial charge in [0.2, 0.25) is 0 Å². The third kappa shape index (κ3) is 3.12. The summed E-state index contributed by atoms with van der Waals surface area (Å²) in [6.45, 7) is 3.81. The number of nitriles is 1. The quantitative estimate of drug-likeness (QED) is 0.930. The number of carboxylic acid groups (broad SMARTS) is 1. The van der Waals surface area contributed by atoms with Crippen LogP contribution in [0.1, 0.15) is 30.9 Å². The molecule has 1 aliphatic heterocycles. The van der Waals surface area contributed by atoms with Crippen molar-refractivity contribution in [3.05, 3.63) is 34.3 Å². The molecule has 1 N–H and O–H groups in total. The molecule has 4 nitrogen and oxygen atoms in total. The molecule has 1 aromatic rings. The summed E-state index contributed by atoms with van der Waals surface area (Å²) in [5.41, 5.74) is 0.783. The van der Waals surface area contributed by atoms with Gasteiger partial charge in [-0.05, 0) is 44.0 Å². The molecule has 0 bridgehead atoms. The van der Waals surface area contributed by atoms with Crippen LogP contribution in [0, 0.1) is 16.7 Å². The van der Waals surface area contributed by atoms with Crippen LogP contribution < -0.4 is 0 Å². The molecule has 5 heteroatoms. The fourth-order valence-electron chi connectivity index (χ4n) is 2.64. The van der Waals surface area contributed by atoms with Gasteiger partial charge in [0.1, 0.15) is 0 Å². The number of halogens is 1. The fraction of sp³-hybridized carbons (Fsp3) is 0.467. The normalized spacial score (nSPS) is 23.2. The van der Waals surface area contributed by atoms with E-state index >= 15 is 0 Å². The first-order valence-corrected chi connectivity index (χ1v) is 6.97. The Morgan fingerprint density at radius 1 is 1.60 bits per heavy atom. The van der Waals surface area contributed by atoms with Crippen molar-refractivity contribution in [2.75, 3.05) is 13.1 Å². The largest absolute Gasteiger partial charge is 0.481 e. The van der Waals surface area contributed by atoms with Crippen molar-refractivity contribution >= 4 is 17.6 Å². The first-order valence-electron chi connectivity index (χ1n) is 6.59. The van der Waals surface area contributed by atoms with Crippen molar-refractivity contribution in [3.63, 3.8) is 0 Å². The van der Waals surface area contributed by atoms with Crippen LogP contribution in [0.15, 0.2) is 18.2 Å². The minimum atomic E-state index is -0.742. The number of carboxylic acids is 1. The molecule has 1 atom stereocenters. The lowest BCUT2D eigenvalue weighted by atomic mass is 9.82. The van der Waals surface area contributed by atoms with Crippen LogP contribution in [0.25, 0.3) is 0 Å². The van der Waals surface area contributed by atoms with Gasteiger partial charge in [-0.3, -0.25) is 9.69 Å². The van der Waals surface area contributed by atoms with E-state index in [2.05, 4.69) is 11.0 Å². The Bertz CT molecular complexity index is 567. The van der Waals surface area contributed by atoms with E-state index in [1.807, 2.05) is 6.07 Å². The molecule has 0 aromatic heterocycles. The molecule has 106 valence electrons. The van der Waals surface area contributed by atoms with E-state index in [1.54, 1.807) is 19.1 Å². The van der Waals surface area contributed by atoms with Gasteiger partial charge in [0.25, 0.3) is 0 Å². The lowest BCUT2D eigenvalue weighted by molar-refractivity contribution is -0.151. The number of hydrogen-bond acceptors (Lipinski definition) is 3. The number of carbonyl (C=O) groups is 1. The molecule has 1 aromatic carbocycles. The highest BCUT2D eigenvalue weighted by molar-refractivity contribution is 6.31. The molecule has 0 spiro atoms. The van der Waals surface area contributed by atoms with Gasteiger partial charge in [-0.1, -0.05) is 17.7 Å². The van der Waals surface area contributed by atoms with Crippen LogP contribution in [0.3, 0.4) is 0 Å². The van der Waals surface area contributed by atoms with E-state index in [0.717, 1.165) is 18.5 Å². The zero-order valence-corrected chi connectivity index (χ0v) is 12.2. The molecular weight excluding hydrogens is 276 g/mol. The lowest BCUT2D eigenvalue weighted by Crippen LogP contribution is -2.45. The number of rotatable bonds is 3. The summed E-state index contributed by atoms with van der Waals surface area (Å²) in [5.74, 6) is -0.742. The highest BCUT2D eigenvalue weighted by Crippen LogP contribution is 2.31. The molecule has 20 heavy (non-hydrogen) atoms. The van der Waals surface area contributed by atoms with E-state index in [9.17, 15) is 9.90 Å². The summed E-state index contributed by atoms with van der Waals surface area (Å²) < 4.78 is 0. The van der Waals surface area contributed by atoms with Crippen molar-refractivity contribution in [2.45, 2.75) is 26.3 Å². The smallest absolute Gasteiger partial charge is 0.310 e. The first kappa shape index (κ1) is 14.8. The minimum absolute atomic E-state index is 0.526. The molecule has 1 heterocycles. The maximum atomic E-state index is 11.3. The maximum Gasteiger partial charge on any atom is 0.310 e. The van der Waals surface area contributed by atoms with Gasteiger partial charge >= 0.3 is 5.97 Å². The van der Waals surface area contributed by atoms with Crippen molar-refractivity contribution in [1.29, 1.82) is 5.26 Å². The Morgan fingerprint density at radius 2 is 2.35 bits per heavy atom. The van der Waals surface area contributed by atoms with Crippen molar-refractivity contribution in [3.8, 4) is 6.07 Å². The van der Waals surface area contributed by atoms with Crippen LogP contribution in [-0.2, 0) is 11.3 Å². The van der Waals surface area contributed by atoms with Crippen molar-refractivity contribution in [2.24, 2.45) is 5.41 Å². The zero-order chi connectivity index (χ0) is 14.8. The van der Waals surface area contributed by atoms with Gasteiger partial charge in [0, 0.05) is 18.1 Å². The second kappa shape index (κ2) is 5.82. The zero-order valence-electron chi connectivity index (χ0n) is 11.4. The maximum absolute atomic E-state index is 11.3. The number of aliphatic carboxylic acids is 1. The van der Waals surface area contributed by atoms with E-state index in [-0.39, 0.29) is 0 Å². The summed E-state index contributed by atoms with van der Waals surface area (Å²) in [5, 5.41) is 18.7. The summed E-state index contributed by atoms with van der Waals surface area (Å²) >= 11 is 6.17. The van der Waals surface area contributed by atoms with Gasteiger partial charge in [-0.25, -0.2) is 0 Å². The van der Waals surface area contributed by atoms with Crippen LogP contribution in [-0.4, -0.2) is 29.1 Å². The Hall–Kier alpha value is -1.57. The number of piperidine rings is 1. The Balaban J connectivity index is 2.11. The van der Waals surface area contributed by atoms with Gasteiger partial charge in [0.15, 0.2) is 0 Å². The monoisotopic (exact) mass is 292 g/mol. The molecule has 0 aliphatic carbocycles. The third-order valence-electron chi connectivity index (χ3n) is 3.87. The number of hydrogen-bond donors (Lipinski definition) is 1. The molecule has 1 unspecified atom stereocenters. The van der Waals surface area contributed by atoms with E-state index in [1.165, 1.54) is 0 Å². The minimum Gasteiger partial charge on any atom is -0.481 e. The molecule has 0 saturated carbocycles. The summed E-state index contributed by atoms with van der Waals surface area (Å²) in [6, 6.07) is 7.28. The van der Waals surface area contributed by atoms with Crippen LogP contribution in [0.2, 0.25) is 5.02 Å². The van der Waals surface area contributed by atoms with Crippen molar-refractivity contribution < 1.29 is 9.90 Å². The first-order chi connectivity index (χ1) is 9.44. The highest BCUT2D eigenvalue weighted by atomic mass is 35.5. The molecule has 0 radical (unpaired) electrons. The van der Waals surface area contributed by atoms with E-state index < -0.39 is 11.4 Å².